The van der Waals surface area contributed by atoms with E-state index in [2.05, 4.69) is 49.2 Å². The maximum atomic E-state index is 12.3. The summed E-state index contributed by atoms with van der Waals surface area (Å²) in [5.41, 5.74) is 4.00. The van der Waals surface area contributed by atoms with Gasteiger partial charge in [-0.25, -0.2) is 19.7 Å². The largest absolute Gasteiger partial charge is 0.444 e. The minimum atomic E-state index is -0.589. The van der Waals surface area contributed by atoms with Crippen molar-refractivity contribution in [2.24, 2.45) is 0 Å². The minimum absolute atomic E-state index is 0.403. The molecule has 2 aliphatic rings. The molecule has 0 spiro atoms. The number of carbonyl (C=O) groups is 2. The van der Waals surface area contributed by atoms with Gasteiger partial charge in [-0.2, -0.15) is 0 Å². The zero-order chi connectivity index (χ0) is 29.0. The van der Waals surface area contributed by atoms with Crippen molar-refractivity contribution in [2.75, 3.05) is 16.0 Å². The number of halogens is 1. The second kappa shape index (κ2) is 12.1. The summed E-state index contributed by atoms with van der Waals surface area (Å²) in [6.45, 7) is 5.88. The molecule has 4 aromatic rings. The van der Waals surface area contributed by atoms with Crippen molar-refractivity contribution in [3.8, 4) is 0 Å². The number of imidazole rings is 1. The molecule has 11 heteroatoms. The molecule has 1 aromatic carbocycles. The second-order valence-electron chi connectivity index (χ2n) is 11.3. The lowest BCUT2D eigenvalue weighted by atomic mass is 10.1. The highest BCUT2D eigenvalue weighted by atomic mass is 35.5. The summed E-state index contributed by atoms with van der Waals surface area (Å²) >= 11 is 5.82. The van der Waals surface area contributed by atoms with Crippen LogP contribution in [0.2, 0.25) is 5.02 Å². The monoisotopic (exact) mass is 575 g/mol. The van der Waals surface area contributed by atoms with Gasteiger partial charge in [0.25, 0.3) is 0 Å². The number of hydrogen-bond acceptors (Lipinski definition) is 7. The number of benzene rings is 1. The number of anilines is 3. The average molecular weight is 576 g/mol. The lowest BCUT2D eigenvalue weighted by molar-refractivity contribution is -0.105. The fourth-order valence-electron chi connectivity index (χ4n) is 4.35. The molecule has 41 heavy (non-hydrogen) atoms. The molecule has 3 N–H and O–H groups in total. The molecule has 2 fully saturated rings. The van der Waals surface area contributed by atoms with E-state index in [4.69, 9.17) is 16.3 Å². The van der Waals surface area contributed by atoms with Crippen LogP contribution in [0, 0.1) is 0 Å². The number of hydrogen-bond donors (Lipinski definition) is 3. The molecule has 0 atom stereocenters. The van der Waals surface area contributed by atoms with E-state index in [1.807, 2.05) is 49.6 Å². The summed E-state index contributed by atoms with van der Waals surface area (Å²) in [5.74, 6) is 2.29. The van der Waals surface area contributed by atoms with E-state index in [1.54, 1.807) is 6.07 Å². The van der Waals surface area contributed by atoms with Crippen LogP contribution in [-0.4, -0.2) is 37.5 Å². The quantitative estimate of drug-likeness (QED) is 0.199. The summed E-state index contributed by atoms with van der Waals surface area (Å²) in [4.78, 5) is 35.7. The molecular formula is C30H34ClN7O3. The Labute approximate surface area is 243 Å². The van der Waals surface area contributed by atoms with Gasteiger partial charge in [0.05, 0.1) is 17.9 Å². The van der Waals surface area contributed by atoms with Gasteiger partial charge in [0.1, 0.15) is 23.6 Å². The van der Waals surface area contributed by atoms with Gasteiger partial charge in [-0.3, -0.25) is 10.1 Å². The first-order valence-electron chi connectivity index (χ1n) is 13.7. The summed E-state index contributed by atoms with van der Waals surface area (Å²) in [6.07, 6.45) is 10.4. The number of rotatable bonds is 8. The first-order valence-corrected chi connectivity index (χ1v) is 14.1. The van der Waals surface area contributed by atoms with Gasteiger partial charge < -0.3 is 19.8 Å². The third-order valence-corrected chi connectivity index (χ3v) is 6.76. The molecule has 0 radical (unpaired) electrons. The summed E-state index contributed by atoms with van der Waals surface area (Å²) in [7, 11) is 0. The highest BCUT2D eigenvalue weighted by Crippen LogP contribution is 2.41. The topological polar surface area (TPSA) is 123 Å². The SMILES string of the molecule is CC(C)(C)OC(=O)Nc1cc(C2CC2)cn2cc(CNc3cc(NC=O)ncn3)nc12.Clc1cccc(C2CC2)c1. The fourth-order valence-corrected chi connectivity index (χ4v) is 4.55. The Balaban J connectivity index is 0.000000282. The Morgan fingerprint density at radius 1 is 1.05 bits per heavy atom. The molecule has 2 aliphatic carbocycles. The van der Waals surface area contributed by atoms with Crippen LogP contribution in [0.3, 0.4) is 0 Å². The zero-order valence-corrected chi connectivity index (χ0v) is 24.1. The number of ether oxygens (including phenoxy) is 1. The predicted octanol–water partition coefficient (Wildman–Crippen LogP) is 6.75. The van der Waals surface area contributed by atoms with Gasteiger partial charge in [-0.15, -0.1) is 0 Å². The number of aromatic nitrogens is 4. The van der Waals surface area contributed by atoms with Crippen molar-refractivity contribution in [3.05, 3.63) is 77.0 Å². The Morgan fingerprint density at radius 3 is 2.46 bits per heavy atom. The molecule has 10 nitrogen and oxygen atoms in total. The van der Waals surface area contributed by atoms with E-state index in [-0.39, 0.29) is 0 Å². The van der Waals surface area contributed by atoms with Crippen LogP contribution >= 0.6 is 11.6 Å². The predicted molar refractivity (Wildman–Crippen MR) is 159 cm³/mol. The molecule has 6 rings (SSSR count). The van der Waals surface area contributed by atoms with Crippen molar-refractivity contribution in [3.63, 3.8) is 0 Å². The number of fused-ring (bicyclic) bond motifs is 1. The van der Waals surface area contributed by atoms with Gasteiger partial charge >= 0.3 is 6.09 Å². The number of nitrogens with one attached hydrogen (secondary N) is 3. The third-order valence-electron chi connectivity index (χ3n) is 6.53. The molecule has 0 saturated heterocycles. The number of nitrogens with zero attached hydrogens (tertiary/aromatic N) is 4. The first-order chi connectivity index (χ1) is 19.7. The highest BCUT2D eigenvalue weighted by Gasteiger charge is 2.26. The Morgan fingerprint density at radius 2 is 1.78 bits per heavy atom. The maximum absolute atomic E-state index is 12.3. The lowest BCUT2D eigenvalue weighted by Crippen LogP contribution is -2.27. The minimum Gasteiger partial charge on any atom is -0.444 e. The van der Waals surface area contributed by atoms with Crippen molar-refractivity contribution >= 4 is 47.1 Å². The Hall–Kier alpha value is -4.18. The molecule has 2 saturated carbocycles. The molecule has 0 unspecified atom stereocenters. The Kier molecular flexibility index (Phi) is 8.39. The van der Waals surface area contributed by atoms with Crippen LogP contribution in [0.4, 0.5) is 22.1 Å². The summed E-state index contributed by atoms with van der Waals surface area (Å²) in [5, 5.41) is 9.37. The standard InChI is InChI=1S/C21H25N7O3.C9H9Cl/c1-21(2,3)31-20(30)27-16-6-14(13-4-5-13)9-28-10-15(26-19(16)28)8-22-17-7-18(25-12-29)24-11-23-17;10-9-3-1-2-8(6-9)7-4-5-7/h6-7,9-13H,4-5,8H2,1-3H3,(H,27,30)(H2,22,23,24,25,29);1-3,6-7H,4-5H2. The van der Waals surface area contributed by atoms with Crippen molar-refractivity contribution < 1.29 is 14.3 Å². The number of pyridine rings is 1. The lowest BCUT2D eigenvalue weighted by Gasteiger charge is -2.20. The zero-order valence-electron chi connectivity index (χ0n) is 23.4. The summed E-state index contributed by atoms with van der Waals surface area (Å²) < 4.78 is 7.33. The first kappa shape index (κ1) is 28.4. The molecule has 3 heterocycles. The number of carbonyl (C=O) groups excluding carboxylic acids is 2. The highest BCUT2D eigenvalue weighted by molar-refractivity contribution is 6.30. The van der Waals surface area contributed by atoms with Crippen molar-refractivity contribution in [2.45, 2.75) is 70.4 Å². The Bertz CT molecular complexity index is 1540. The number of amides is 2. The van der Waals surface area contributed by atoms with E-state index >= 15 is 0 Å². The average Bonchev–Trinajstić information content (AvgIpc) is 3.84. The van der Waals surface area contributed by atoms with Crippen molar-refractivity contribution in [1.82, 2.24) is 19.4 Å². The van der Waals surface area contributed by atoms with Gasteiger partial charge in [-0.05, 0) is 87.6 Å². The smallest absolute Gasteiger partial charge is 0.412 e. The second-order valence-corrected chi connectivity index (χ2v) is 11.7. The molecule has 3 aromatic heterocycles. The van der Waals surface area contributed by atoms with Gasteiger partial charge in [0.2, 0.25) is 6.41 Å². The molecule has 0 aliphatic heterocycles. The molecule has 2 amide bonds. The van der Waals surface area contributed by atoms with Gasteiger partial charge in [0, 0.05) is 23.5 Å². The normalized spacial score (nSPS) is 14.5. The van der Waals surface area contributed by atoms with Crippen LogP contribution in [-0.2, 0) is 16.1 Å². The van der Waals surface area contributed by atoms with E-state index in [0.717, 1.165) is 35.0 Å². The fraction of sp³-hybridized carbons (Fsp3) is 0.367. The molecule has 214 valence electrons. The maximum Gasteiger partial charge on any atom is 0.412 e. The van der Waals surface area contributed by atoms with Crippen LogP contribution in [0.5, 0.6) is 0 Å². The van der Waals surface area contributed by atoms with Crippen LogP contribution in [0.1, 0.15) is 75.1 Å². The van der Waals surface area contributed by atoms with Crippen molar-refractivity contribution in [1.29, 1.82) is 0 Å². The third kappa shape index (κ3) is 8.17. The van der Waals surface area contributed by atoms with Crippen LogP contribution in [0.15, 0.2) is 55.1 Å². The van der Waals surface area contributed by atoms with E-state index in [0.29, 0.717) is 41.8 Å². The van der Waals surface area contributed by atoms with E-state index in [9.17, 15) is 9.59 Å². The van der Waals surface area contributed by atoms with Gasteiger partial charge in [0.15, 0.2) is 5.65 Å². The van der Waals surface area contributed by atoms with Crippen LogP contribution < -0.4 is 16.0 Å². The van der Waals surface area contributed by atoms with E-state index < -0.39 is 11.7 Å². The summed E-state index contributed by atoms with van der Waals surface area (Å²) in [6, 6.07) is 11.8. The van der Waals surface area contributed by atoms with Crippen LogP contribution in [0.25, 0.3) is 5.65 Å². The van der Waals surface area contributed by atoms with Gasteiger partial charge in [-0.1, -0.05) is 23.7 Å². The molecule has 0 bridgehead atoms. The van der Waals surface area contributed by atoms with E-state index in [1.165, 1.54) is 24.7 Å². The molecular weight excluding hydrogens is 542 g/mol.